The average molecular weight is 269 g/mol. The summed E-state index contributed by atoms with van der Waals surface area (Å²) in [7, 11) is 0. The van der Waals surface area contributed by atoms with Crippen LogP contribution >= 0.6 is 0 Å². The van der Waals surface area contributed by atoms with Crippen molar-refractivity contribution in [3.63, 3.8) is 0 Å². The molecular weight excluding hydrogens is 246 g/mol. The fraction of sp³-hybridized carbons (Fsp3) is 0.333. The first-order valence-electron chi connectivity index (χ1n) is 7.29. The molecule has 0 aliphatic rings. The van der Waals surface area contributed by atoms with E-state index in [-0.39, 0.29) is 0 Å². The minimum absolute atomic E-state index is 0.421. The van der Waals surface area contributed by atoms with Gasteiger partial charge in [0.25, 0.3) is 0 Å². The summed E-state index contributed by atoms with van der Waals surface area (Å²) in [5.41, 5.74) is 2.66. The van der Waals surface area contributed by atoms with Gasteiger partial charge >= 0.3 is 0 Å². The van der Waals surface area contributed by atoms with Gasteiger partial charge in [0.05, 0.1) is 0 Å². The van der Waals surface area contributed by atoms with Crippen LogP contribution in [0.2, 0.25) is 0 Å². The maximum Gasteiger partial charge on any atom is 0.0272 e. The minimum Gasteiger partial charge on any atom is -0.314 e. The van der Waals surface area contributed by atoms with Gasteiger partial charge in [-0.15, -0.1) is 0 Å². The average Bonchev–Trinajstić information content (AvgIpc) is 2.49. The molecule has 106 valence electrons. The van der Waals surface area contributed by atoms with E-state index in [1.807, 2.05) is 19.1 Å². The monoisotopic (exact) mass is 269 g/mol. The maximum atomic E-state index is 9.82. The molecule has 0 unspecified atom stereocenters. The number of hydroxylamine groups is 2. The highest BCUT2D eigenvalue weighted by molar-refractivity contribution is 5.18. The summed E-state index contributed by atoms with van der Waals surface area (Å²) in [6.07, 6.45) is 1.99. The van der Waals surface area contributed by atoms with Crippen molar-refractivity contribution in [3.05, 3.63) is 71.8 Å². The van der Waals surface area contributed by atoms with Gasteiger partial charge in [0.15, 0.2) is 0 Å². The predicted molar refractivity (Wildman–Crippen MR) is 82.8 cm³/mol. The summed E-state index contributed by atoms with van der Waals surface area (Å²) < 4.78 is 0. The van der Waals surface area contributed by atoms with E-state index in [4.69, 9.17) is 0 Å². The van der Waals surface area contributed by atoms with Crippen molar-refractivity contribution < 1.29 is 5.21 Å². The zero-order valence-corrected chi connectivity index (χ0v) is 12.1. The fourth-order valence-electron chi connectivity index (χ4n) is 2.52. The number of hydrogen-bond donors (Lipinski definition) is 1. The van der Waals surface area contributed by atoms with Gasteiger partial charge in [-0.3, -0.25) is 0 Å². The molecule has 0 bridgehead atoms. The highest BCUT2D eigenvalue weighted by Gasteiger charge is 2.13. The van der Waals surface area contributed by atoms with Gasteiger partial charge in [-0.05, 0) is 29.9 Å². The molecule has 0 fully saturated rings. The van der Waals surface area contributed by atoms with Crippen molar-refractivity contribution in [3.8, 4) is 0 Å². The molecule has 1 N–H and O–H groups in total. The third-order valence-electron chi connectivity index (χ3n) is 3.57. The second-order valence-corrected chi connectivity index (χ2v) is 5.25. The minimum atomic E-state index is 0.421. The highest BCUT2D eigenvalue weighted by Crippen LogP contribution is 2.16. The van der Waals surface area contributed by atoms with Gasteiger partial charge in [-0.2, -0.15) is 5.06 Å². The molecule has 20 heavy (non-hydrogen) atoms. The normalized spacial score (nSPS) is 11.2. The molecule has 2 aromatic carbocycles. The molecule has 0 aromatic heterocycles. The lowest BCUT2D eigenvalue weighted by atomic mass is 9.92. The van der Waals surface area contributed by atoms with Crippen molar-refractivity contribution >= 4 is 0 Å². The SMILES string of the molecule is CCN(O)CC(Cc1ccccc1)Cc1ccccc1. The van der Waals surface area contributed by atoms with Crippen LogP contribution in [0.3, 0.4) is 0 Å². The Hall–Kier alpha value is -1.64. The summed E-state index contributed by atoms with van der Waals surface area (Å²) >= 11 is 0. The Morgan fingerprint density at radius 1 is 0.850 bits per heavy atom. The number of benzene rings is 2. The van der Waals surface area contributed by atoms with Crippen LogP contribution in [-0.4, -0.2) is 23.4 Å². The van der Waals surface area contributed by atoms with Crippen molar-refractivity contribution in [2.24, 2.45) is 5.92 Å². The van der Waals surface area contributed by atoms with Crippen LogP contribution in [-0.2, 0) is 12.8 Å². The van der Waals surface area contributed by atoms with Gasteiger partial charge in [-0.25, -0.2) is 0 Å². The van der Waals surface area contributed by atoms with Crippen LogP contribution in [0, 0.1) is 5.92 Å². The molecule has 0 saturated heterocycles. The fourth-order valence-corrected chi connectivity index (χ4v) is 2.52. The highest BCUT2D eigenvalue weighted by atomic mass is 16.5. The van der Waals surface area contributed by atoms with Crippen LogP contribution < -0.4 is 0 Å². The van der Waals surface area contributed by atoms with E-state index in [1.165, 1.54) is 16.2 Å². The zero-order valence-electron chi connectivity index (χ0n) is 12.1. The van der Waals surface area contributed by atoms with Crippen molar-refractivity contribution in [1.82, 2.24) is 5.06 Å². The van der Waals surface area contributed by atoms with Crippen LogP contribution in [0.1, 0.15) is 18.1 Å². The molecule has 0 heterocycles. The standard InChI is InChI=1S/C18H23NO/c1-2-19(20)15-18(13-16-9-5-3-6-10-16)14-17-11-7-4-8-12-17/h3-12,18,20H,2,13-15H2,1H3. The smallest absolute Gasteiger partial charge is 0.0272 e. The van der Waals surface area contributed by atoms with E-state index in [0.717, 1.165) is 12.8 Å². The number of rotatable bonds is 7. The van der Waals surface area contributed by atoms with Crippen LogP contribution in [0.15, 0.2) is 60.7 Å². The summed E-state index contributed by atoms with van der Waals surface area (Å²) in [6, 6.07) is 21.0. The van der Waals surface area contributed by atoms with E-state index in [1.54, 1.807) is 0 Å². The van der Waals surface area contributed by atoms with Gasteiger partial charge < -0.3 is 5.21 Å². The van der Waals surface area contributed by atoms with Gasteiger partial charge in [0.1, 0.15) is 0 Å². The molecule has 0 radical (unpaired) electrons. The lowest BCUT2D eigenvalue weighted by Crippen LogP contribution is -2.28. The van der Waals surface area contributed by atoms with Crippen LogP contribution in [0.25, 0.3) is 0 Å². The first kappa shape index (κ1) is 14.8. The van der Waals surface area contributed by atoms with Crippen molar-refractivity contribution in [2.75, 3.05) is 13.1 Å². The second-order valence-electron chi connectivity index (χ2n) is 5.25. The lowest BCUT2D eigenvalue weighted by Gasteiger charge is -2.22. The summed E-state index contributed by atoms with van der Waals surface area (Å²) in [4.78, 5) is 0. The first-order valence-corrected chi connectivity index (χ1v) is 7.29. The van der Waals surface area contributed by atoms with E-state index in [0.29, 0.717) is 19.0 Å². The molecule has 2 rings (SSSR count). The summed E-state index contributed by atoms with van der Waals surface area (Å²) in [5.74, 6) is 0.421. The first-order chi connectivity index (χ1) is 9.78. The molecule has 0 spiro atoms. The Morgan fingerprint density at radius 2 is 1.30 bits per heavy atom. The maximum absolute atomic E-state index is 9.82. The molecular formula is C18H23NO. The Labute approximate surface area is 121 Å². The molecule has 0 saturated carbocycles. The predicted octanol–water partition coefficient (Wildman–Crippen LogP) is 3.80. The van der Waals surface area contributed by atoms with Crippen molar-refractivity contribution in [2.45, 2.75) is 19.8 Å². The third-order valence-corrected chi connectivity index (χ3v) is 3.57. The van der Waals surface area contributed by atoms with Gasteiger partial charge in [0.2, 0.25) is 0 Å². The Bertz CT molecular complexity index is 442. The number of hydrogen-bond acceptors (Lipinski definition) is 2. The lowest BCUT2D eigenvalue weighted by molar-refractivity contribution is -0.0967. The van der Waals surface area contributed by atoms with Gasteiger partial charge in [0, 0.05) is 13.1 Å². The van der Waals surface area contributed by atoms with E-state index >= 15 is 0 Å². The molecule has 2 nitrogen and oxygen atoms in total. The summed E-state index contributed by atoms with van der Waals surface area (Å²) in [6.45, 7) is 3.35. The third kappa shape index (κ3) is 4.80. The second kappa shape index (κ2) is 7.83. The van der Waals surface area contributed by atoms with E-state index < -0.39 is 0 Å². The Balaban J connectivity index is 2.04. The Kier molecular flexibility index (Phi) is 5.78. The van der Waals surface area contributed by atoms with Crippen LogP contribution in [0.4, 0.5) is 0 Å². The molecule has 2 aromatic rings. The molecule has 0 atom stereocenters. The van der Waals surface area contributed by atoms with Crippen molar-refractivity contribution in [1.29, 1.82) is 0 Å². The zero-order chi connectivity index (χ0) is 14.2. The largest absolute Gasteiger partial charge is 0.314 e. The molecule has 0 aliphatic heterocycles. The summed E-state index contributed by atoms with van der Waals surface area (Å²) in [5, 5.41) is 11.2. The topological polar surface area (TPSA) is 23.5 Å². The number of nitrogens with zero attached hydrogens (tertiary/aromatic N) is 1. The Morgan fingerprint density at radius 3 is 1.70 bits per heavy atom. The molecule has 0 amide bonds. The quantitative estimate of drug-likeness (QED) is 0.773. The van der Waals surface area contributed by atoms with Crippen LogP contribution in [0.5, 0.6) is 0 Å². The molecule has 0 aliphatic carbocycles. The van der Waals surface area contributed by atoms with E-state index in [9.17, 15) is 5.21 Å². The van der Waals surface area contributed by atoms with E-state index in [2.05, 4.69) is 48.5 Å². The van der Waals surface area contributed by atoms with Gasteiger partial charge in [-0.1, -0.05) is 67.6 Å². The molecule has 2 heteroatoms.